The molecule has 1 saturated heterocycles. The maximum Gasteiger partial charge on any atom is 0.471 e. The van der Waals surface area contributed by atoms with Gasteiger partial charge in [-0.05, 0) is 59.4 Å². The molecule has 1 amide bonds. The van der Waals surface area contributed by atoms with Crippen molar-refractivity contribution in [1.82, 2.24) is 4.90 Å². The van der Waals surface area contributed by atoms with Crippen LogP contribution in [-0.4, -0.2) is 49.6 Å². The van der Waals surface area contributed by atoms with Crippen molar-refractivity contribution in [3.63, 3.8) is 0 Å². The summed E-state index contributed by atoms with van der Waals surface area (Å²) in [6, 6.07) is 11.9. The topological polar surface area (TPSA) is 65.1 Å². The molecule has 0 N–H and O–H groups in total. The van der Waals surface area contributed by atoms with Crippen molar-refractivity contribution < 1.29 is 37.0 Å². The first kappa shape index (κ1) is 24.0. The zero-order chi connectivity index (χ0) is 25.7. The number of carbonyl (C=O) groups is 2. The molecule has 2 unspecified atom stereocenters. The van der Waals surface area contributed by atoms with Gasteiger partial charge in [0.2, 0.25) is 5.78 Å². The molecule has 5 rings (SSSR count). The molecule has 1 heterocycles. The quantitative estimate of drug-likeness (QED) is 0.607. The van der Waals surface area contributed by atoms with Crippen LogP contribution in [0.1, 0.15) is 23.1 Å². The van der Waals surface area contributed by atoms with Crippen LogP contribution in [0.25, 0.3) is 5.57 Å². The minimum absolute atomic E-state index is 0.0674. The molecule has 188 valence electrons. The van der Waals surface area contributed by atoms with Crippen LogP contribution < -0.4 is 9.47 Å². The highest BCUT2D eigenvalue weighted by molar-refractivity contribution is 6.10. The number of nitrogens with zero attached hydrogens (tertiary/aromatic N) is 1. The minimum atomic E-state index is -5.01. The van der Waals surface area contributed by atoms with Gasteiger partial charge in [-0.1, -0.05) is 30.3 Å². The molecular weight excluding hydrogens is 475 g/mol. The Morgan fingerprint density at radius 3 is 2.47 bits per heavy atom. The van der Waals surface area contributed by atoms with E-state index in [-0.39, 0.29) is 37.5 Å². The van der Waals surface area contributed by atoms with Gasteiger partial charge in [0.1, 0.15) is 6.61 Å². The normalized spacial score (nSPS) is 22.6. The van der Waals surface area contributed by atoms with Gasteiger partial charge in [-0.2, -0.15) is 13.2 Å². The van der Waals surface area contributed by atoms with Gasteiger partial charge >= 0.3 is 12.1 Å². The van der Waals surface area contributed by atoms with E-state index in [2.05, 4.69) is 0 Å². The van der Waals surface area contributed by atoms with Crippen LogP contribution >= 0.6 is 0 Å². The van der Waals surface area contributed by atoms with Crippen molar-refractivity contribution in [2.75, 3.05) is 20.8 Å². The number of ether oxygens (including phenoxy) is 3. The third-order valence-electron chi connectivity index (χ3n) is 7.20. The fourth-order valence-corrected chi connectivity index (χ4v) is 5.53. The third-order valence-corrected chi connectivity index (χ3v) is 7.20. The van der Waals surface area contributed by atoms with E-state index in [0.717, 1.165) is 10.5 Å². The monoisotopic (exact) mass is 499 g/mol. The molecule has 3 aliphatic rings. The molecule has 36 heavy (non-hydrogen) atoms. The largest absolute Gasteiger partial charge is 0.493 e. The molecule has 0 saturated carbocycles. The Balaban J connectivity index is 1.61. The molecule has 0 aromatic heterocycles. The maximum atomic E-state index is 13.5. The van der Waals surface area contributed by atoms with E-state index in [1.165, 1.54) is 20.3 Å². The number of hydrogen-bond donors (Lipinski definition) is 0. The van der Waals surface area contributed by atoms with E-state index in [9.17, 15) is 22.8 Å². The molecule has 1 aliphatic heterocycles. The number of alkyl halides is 3. The predicted molar refractivity (Wildman–Crippen MR) is 124 cm³/mol. The highest BCUT2D eigenvalue weighted by Crippen LogP contribution is 2.57. The Labute approximate surface area is 205 Å². The number of ketones is 1. The maximum absolute atomic E-state index is 13.5. The van der Waals surface area contributed by atoms with Crippen molar-refractivity contribution in [3.8, 4) is 11.5 Å². The lowest BCUT2D eigenvalue weighted by Crippen LogP contribution is -2.51. The summed E-state index contributed by atoms with van der Waals surface area (Å²) in [7, 11) is 2.95. The summed E-state index contributed by atoms with van der Waals surface area (Å²) >= 11 is 0. The van der Waals surface area contributed by atoms with Gasteiger partial charge in [0.15, 0.2) is 17.3 Å². The van der Waals surface area contributed by atoms with Crippen molar-refractivity contribution >= 4 is 17.3 Å². The molecule has 0 radical (unpaired) electrons. The van der Waals surface area contributed by atoms with E-state index in [0.29, 0.717) is 28.2 Å². The fourth-order valence-electron chi connectivity index (χ4n) is 5.53. The minimum Gasteiger partial charge on any atom is -0.493 e. The standard InChI is InChI=1S/C27H24F3NO5/c1-34-21-10-17-11-24-26(8-9-31(24)25(33)27(28,29)30)14-23(36-15-16-6-4-3-5-7-16)20(32)13-19(26)18(17)12-22(21)35-2/h3-7,10,12-14,24H,8-9,11,15H2,1-2H3. The number of amides is 1. The van der Waals surface area contributed by atoms with E-state index in [1.807, 2.05) is 30.3 Å². The summed E-state index contributed by atoms with van der Waals surface area (Å²) in [5, 5.41) is 0. The lowest BCUT2D eigenvalue weighted by Gasteiger charge is -2.44. The Morgan fingerprint density at radius 1 is 1.11 bits per heavy atom. The van der Waals surface area contributed by atoms with Crippen molar-refractivity contribution in [3.05, 3.63) is 77.1 Å². The zero-order valence-electron chi connectivity index (χ0n) is 19.7. The summed E-state index contributed by atoms with van der Waals surface area (Å²) in [5.74, 6) is -1.34. The van der Waals surface area contributed by atoms with Crippen molar-refractivity contribution in [1.29, 1.82) is 0 Å². The average Bonchev–Trinajstić information content (AvgIpc) is 3.22. The van der Waals surface area contributed by atoms with Crippen LogP contribution in [0.15, 0.2) is 60.4 Å². The fraction of sp³-hybridized carbons (Fsp3) is 0.333. The summed E-state index contributed by atoms with van der Waals surface area (Å²) in [5.41, 5.74) is 1.77. The Morgan fingerprint density at radius 2 is 1.81 bits per heavy atom. The molecule has 1 spiro atoms. The second kappa shape index (κ2) is 8.72. The third kappa shape index (κ3) is 3.83. The van der Waals surface area contributed by atoms with Gasteiger partial charge in [-0.25, -0.2) is 0 Å². The molecule has 6 nitrogen and oxygen atoms in total. The Kier molecular flexibility index (Phi) is 5.81. The lowest BCUT2D eigenvalue weighted by atomic mass is 9.62. The lowest BCUT2D eigenvalue weighted by molar-refractivity contribution is -0.186. The number of halogens is 3. The average molecular weight is 499 g/mol. The van der Waals surface area contributed by atoms with Crippen LogP contribution in [0.2, 0.25) is 0 Å². The zero-order valence-corrected chi connectivity index (χ0v) is 19.7. The smallest absolute Gasteiger partial charge is 0.471 e. The molecular formula is C27H24F3NO5. The first-order chi connectivity index (χ1) is 17.2. The van der Waals surface area contributed by atoms with Gasteiger partial charge in [0, 0.05) is 18.0 Å². The van der Waals surface area contributed by atoms with E-state index < -0.39 is 23.5 Å². The number of likely N-dealkylation sites (tertiary alicyclic amines) is 1. The van der Waals surface area contributed by atoms with Gasteiger partial charge < -0.3 is 19.1 Å². The number of hydrogen-bond acceptors (Lipinski definition) is 5. The van der Waals surface area contributed by atoms with Crippen LogP contribution in [0.4, 0.5) is 13.2 Å². The van der Waals surface area contributed by atoms with E-state index in [4.69, 9.17) is 14.2 Å². The summed E-state index contributed by atoms with van der Waals surface area (Å²) in [6.07, 6.45) is -1.56. The van der Waals surface area contributed by atoms with Crippen LogP contribution in [-0.2, 0) is 27.4 Å². The molecule has 9 heteroatoms. The molecule has 2 aliphatic carbocycles. The molecule has 2 aromatic carbocycles. The highest BCUT2D eigenvalue weighted by Gasteiger charge is 2.58. The predicted octanol–water partition coefficient (Wildman–Crippen LogP) is 4.48. The van der Waals surface area contributed by atoms with Gasteiger partial charge in [-0.3, -0.25) is 9.59 Å². The number of methoxy groups -OCH3 is 2. The van der Waals surface area contributed by atoms with E-state index in [1.54, 1.807) is 18.2 Å². The molecule has 0 bridgehead atoms. The number of fused-ring (bicyclic) bond motifs is 2. The van der Waals surface area contributed by atoms with Gasteiger partial charge in [-0.15, -0.1) is 0 Å². The first-order valence-electron chi connectivity index (χ1n) is 11.5. The number of benzene rings is 2. The first-order valence-corrected chi connectivity index (χ1v) is 11.5. The molecule has 1 fully saturated rings. The van der Waals surface area contributed by atoms with Gasteiger partial charge in [0.05, 0.1) is 14.2 Å². The molecule has 2 aromatic rings. The number of carbonyl (C=O) groups excluding carboxylic acids is 2. The van der Waals surface area contributed by atoms with Crippen molar-refractivity contribution in [2.24, 2.45) is 5.41 Å². The van der Waals surface area contributed by atoms with E-state index >= 15 is 0 Å². The molecule has 2 atom stereocenters. The second-order valence-corrected chi connectivity index (χ2v) is 9.08. The number of allylic oxidation sites excluding steroid dienone is 1. The SMILES string of the molecule is COc1cc2c(cc1OC)C1=CC(=O)C(OCc3ccccc3)=CC13CCN(C(=O)C(F)(F)F)C3C2. The van der Waals surface area contributed by atoms with Crippen LogP contribution in [0.3, 0.4) is 0 Å². The van der Waals surface area contributed by atoms with Crippen molar-refractivity contribution in [2.45, 2.75) is 31.7 Å². The second-order valence-electron chi connectivity index (χ2n) is 9.08. The number of rotatable bonds is 5. The Hall–Kier alpha value is -3.75. The van der Waals surface area contributed by atoms with Gasteiger partial charge in [0.25, 0.3) is 0 Å². The summed E-state index contributed by atoms with van der Waals surface area (Å²) in [6.45, 7) is 0.0361. The summed E-state index contributed by atoms with van der Waals surface area (Å²) in [4.78, 5) is 26.4. The highest BCUT2D eigenvalue weighted by atomic mass is 19.4. The summed E-state index contributed by atoms with van der Waals surface area (Å²) < 4.78 is 57.2. The van der Waals surface area contributed by atoms with Crippen LogP contribution in [0.5, 0.6) is 11.5 Å². The van der Waals surface area contributed by atoms with Crippen LogP contribution in [0, 0.1) is 5.41 Å². The Bertz CT molecular complexity index is 1280.